The summed E-state index contributed by atoms with van der Waals surface area (Å²) in [4.78, 5) is 3.48. The van der Waals surface area contributed by atoms with Crippen LogP contribution in [0.15, 0.2) is 22.8 Å². The average molecular weight is 294 g/mol. The molecule has 1 heterocycles. The predicted molar refractivity (Wildman–Crippen MR) is 54.1 cm³/mol. The summed E-state index contributed by atoms with van der Waals surface area (Å²) in [5.74, 6) is 0. The van der Waals surface area contributed by atoms with Gasteiger partial charge in [0.25, 0.3) is 6.43 Å². The number of rotatable bonds is 2. The van der Waals surface area contributed by atoms with E-state index in [1.165, 1.54) is 12.3 Å². The van der Waals surface area contributed by atoms with Crippen LogP contribution in [0.2, 0.25) is 0 Å². The minimum atomic E-state index is -3.02. The Labute approximate surface area is 94.0 Å². The molecule has 0 radical (unpaired) electrons. The van der Waals surface area contributed by atoms with E-state index >= 15 is 0 Å². The molecule has 0 aliphatic carbocycles. The summed E-state index contributed by atoms with van der Waals surface area (Å²) in [5, 5.41) is 0. The van der Waals surface area contributed by atoms with Crippen molar-refractivity contribution in [1.29, 1.82) is 0 Å². The van der Waals surface area contributed by atoms with Crippen LogP contribution >= 0.6 is 28.3 Å². The Morgan fingerprint density at radius 1 is 1.29 bits per heavy atom. The van der Waals surface area contributed by atoms with Gasteiger partial charge in [0.2, 0.25) is 6.17 Å². The Bertz CT molecular complexity index is 275. The molecule has 0 spiro atoms. The van der Waals surface area contributed by atoms with Gasteiger partial charge >= 0.3 is 0 Å². The fourth-order valence-electron chi connectivity index (χ4n) is 0.701. The SMILES string of the molecule is Cl.FC(F)[C@@H](F)c1cc(Br)ccn1.N. The monoisotopic (exact) mass is 292 g/mol. The first-order valence-corrected chi connectivity index (χ1v) is 3.94. The Morgan fingerprint density at radius 2 is 1.86 bits per heavy atom. The van der Waals surface area contributed by atoms with E-state index in [1.807, 2.05) is 0 Å². The van der Waals surface area contributed by atoms with Crippen LogP contribution in [0.1, 0.15) is 11.9 Å². The summed E-state index contributed by atoms with van der Waals surface area (Å²) < 4.78 is 36.8. The molecule has 1 aromatic heterocycles. The molecule has 0 aliphatic rings. The lowest BCUT2D eigenvalue weighted by atomic mass is 10.2. The van der Waals surface area contributed by atoms with Gasteiger partial charge in [-0.1, -0.05) is 15.9 Å². The molecule has 1 aromatic rings. The normalized spacial score (nSPS) is 11.5. The fourth-order valence-corrected chi connectivity index (χ4v) is 1.05. The molecule has 82 valence electrons. The molecule has 0 aromatic carbocycles. The molecular formula is C7H9BrClF3N2. The van der Waals surface area contributed by atoms with Gasteiger partial charge in [-0.15, -0.1) is 12.4 Å². The minimum absolute atomic E-state index is 0. The van der Waals surface area contributed by atoms with E-state index in [0.29, 0.717) is 4.47 Å². The van der Waals surface area contributed by atoms with Crippen molar-refractivity contribution in [1.82, 2.24) is 11.1 Å². The van der Waals surface area contributed by atoms with E-state index in [9.17, 15) is 13.2 Å². The lowest BCUT2D eigenvalue weighted by Crippen LogP contribution is -2.04. The van der Waals surface area contributed by atoms with Gasteiger partial charge < -0.3 is 6.15 Å². The van der Waals surface area contributed by atoms with Gasteiger partial charge in [0.1, 0.15) is 0 Å². The zero-order valence-electron chi connectivity index (χ0n) is 6.96. The van der Waals surface area contributed by atoms with Gasteiger partial charge in [-0.25, -0.2) is 13.2 Å². The average Bonchev–Trinajstić information content (AvgIpc) is 2.03. The minimum Gasteiger partial charge on any atom is -0.344 e. The molecule has 1 atom stereocenters. The summed E-state index contributed by atoms with van der Waals surface area (Å²) in [7, 11) is 0. The Balaban J connectivity index is 0. The first kappa shape index (κ1) is 16.1. The second-order valence-corrected chi connectivity index (χ2v) is 3.05. The molecule has 0 amide bonds. The van der Waals surface area contributed by atoms with E-state index in [2.05, 4.69) is 20.9 Å². The molecule has 7 heteroatoms. The van der Waals surface area contributed by atoms with Crippen molar-refractivity contribution in [3.8, 4) is 0 Å². The van der Waals surface area contributed by atoms with Gasteiger partial charge in [0.05, 0.1) is 5.69 Å². The van der Waals surface area contributed by atoms with E-state index in [-0.39, 0.29) is 24.3 Å². The maximum Gasteiger partial charge on any atom is 0.275 e. The van der Waals surface area contributed by atoms with Gasteiger partial charge in [-0.2, -0.15) is 0 Å². The molecule has 0 fully saturated rings. The number of hydrogen-bond donors (Lipinski definition) is 1. The van der Waals surface area contributed by atoms with E-state index in [4.69, 9.17) is 0 Å². The molecule has 2 nitrogen and oxygen atoms in total. The second-order valence-electron chi connectivity index (χ2n) is 2.14. The number of alkyl halides is 3. The van der Waals surface area contributed by atoms with Gasteiger partial charge in [-0.3, -0.25) is 4.98 Å². The van der Waals surface area contributed by atoms with Crippen molar-refractivity contribution in [3.63, 3.8) is 0 Å². The van der Waals surface area contributed by atoms with Crippen LogP contribution in [-0.2, 0) is 0 Å². The van der Waals surface area contributed by atoms with Gasteiger partial charge in [0, 0.05) is 10.7 Å². The van der Waals surface area contributed by atoms with Crippen molar-refractivity contribution in [2.75, 3.05) is 0 Å². The summed E-state index contributed by atoms with van der Waals surface area (Å²) in [6.45, 7) is 0. The molecule has 14 heavy (non-hydrogen) atoms. The Hall–Kier alpha value is -0.330. The highest BCUT2D eigenvalue weighted by molar-refractivity contribution is 9.10. The second kappa shape index (κ2) is 7.03. The third-order valence-electron chi connectivity index (χ3n) is 1.25. The van der Waals surface area contributed by atoms with Crippen LogP contribution in [0.3, 0.4) is 0 Å². The van der Waals surface area contributed by atoms with E-state index < -0.39 is 12.6 Å². The van der Waals surface area contributed by atoms with Crippen molar-refractivity contribution in [2.45, 2.75) is 12.6 Å². The number of nitrogens with zero attached hydrogens (tertiary/aromatic N) is 1. The lowest BCUT2D eigenvalue weighted by molar-refractivity contribution is 0.0472. The van der Waals surface area contributed by atoms with E-state index in [0.717, 1.165) is 0 Å². The van der Waals surface area contributed by atoms with E-state index in [1.54, 1.807) is 6.07 Å². The van der Waals surface area contributed by atoms with Crippen molar-refractivity contribution >= 4 is 28.3 Å². The highest BCUT2D eigenvalue weighted by atomic mass is 79.9. The first-order valence-electron chi connectivity index (χ1n) is 3.15. The van der Waals surface area contributed by atoms with Crippen molar-refractivity contribution in [2.24, 2.45) is 0 Å². The molecule has 3 N–H and O–H groups in total. The summed E-state index contributed by atoms with van der Waals surface area (Å²) in [6, 6.07) is 2.78. The quantitative estimate of drug-likeness (QED) is 0.903. The highest BCUT2D eigenvalue weighted by Gasteiger charge is 2.22. The maximum atomic E-state index is 12.6. The van der Waals surface area contributed by atoms with Crippen molar-refractivity contribution < 1.29 is 13.2 Å². The molecule has 0 aliphatic heterocycles. The first-order chi connectivity index (χ1) is 5.61. The Kier molecular flexibility index (Phi) is 8.09. The van der Waals surface area contributed by atoms with Crippen LogP contribution in [0.4, 0.5) is 13.2 Å². The third-order valence-corrected chi connectivity index (χ3v) is 1.74. The summed E-state index contributed by atoms with van der Waals surface area (Å²) >= 11 is 3.03. The molecular weight excluding hydrogens is 284 g/mol. The fraction of sp³-hybridized carbons (Fsp3) is 0.286. The lowest BCUT2D eigenvalue weighted by Gasteiger charge is -2.05. The smallest absolute Gasteiger partial charge is 0.275 e. The number of pyridine rings is 1. The van der Waals surface area contributed by atoms with Crippen LogP contribution in [-0.4, -0.2) is 11.4 Å². The topological polar surface area (TPSA) is 47.9 Å². The number of aromatic nitrogens is 1. The predicted octanol–water partition coefficient (Wildman–Crippen LogP) is 3.70. The number of hydrogen-bond acceptors (Lipinski definition) is 2. The van der Waals surface area contributed by atoms with Crippen LogP contribution < -0.4 is 6.15 Å². The molecule has 0 unspecified atom stereocenters. The molecule has 0 bridgehead atoms. The summed E-state index contributed by atoms with van der Waals surface area (Å²) in [5.41, 5.74) is -0.251. The largest absolute Gasteiger partial charge is 0.344 e. The van der Waals surface area contributed by atoms with Crippen LogP contribution in [0.25, 0.3) is 0 Å². The Morgan fingerprint density at radius 3 is 2.29 bits per heavy atom. The zero-order chi connectivity index (χ0) is 9.14. The molecule has 0 saturated carbocycles. The van der Waals surface area contributed by atoms with Crippen LogP contribution in [0.5, 0.6) is 0 Å². The van der Waals surface area contributed by atoms with Crippen LogP contribution in [0, 0.1) is 0 Å². The zero-order valence-corrected chi connectivity index (χ0v) is 9.36. The maximum absolute atomic E-state index is 12.6. The van der Waals surface area contributed by atoms with Crippen molar-refractivity contribution in [3.05, 3.63) is 28.5 Å². The highest BCUT2D eigenvalue weighted by Crippen LogP contribution is 2.24. The third kappa shape index (κ3) is 4.26. The number of halogens is 5. The standard InChI is InChI=1S/C7H5BrF3N.ClH.H3N/c8-4-1-2-12-5(3-4)6(9)7(10)11;;/h1-3,6-7H;1H;1H3/t6-;;/m0../s1. The van der Waals surface area contributed by atoms with Gasteiger partial charge in [0.15, 0.2) is 0 Å². The summed E-state index contributed by atoms with van der Waals surface area (Å²) in [6.07, 6.45) is -4.05. The molecule has 1 rings (SSSR count). The molecule has 0 saturated heterocycles. The van der Waals surface area contributed by atoms with Gasteiger partial charge in [-0.05, 0) is 12.1 Å².